The summed E-state index contributed by atoms with van der Waals surface area (Å²) in [5.74, 6) is -0.00646. The highest BCUT2D eigenvalue weighted by Crippen LogP contribution is 2.27. The van der Waals surface area contributed by atoms with Gasteiger partial charge in [0.25, 0.3) is 0 Å². The van der Waals surface area contributed by atoms with Crippen molar-refractivity contribution in [1.82, 2.24) is 0 Å². The fourth-order valence-corrected chi connectivity index (χ4v) is 2.55. The fraction of sp³-hybridized carbons (Fsp3) is 0.533. The number of hydrogen-bond donors (Lipinski definition) is 1. The maximum Gasteiger partial charge on any atom is 0.328 e. The van der Waals surface area contributed by atoms with E-state index >= 15 is 0 Å². The van der Waals surface area contributed by atoms with Crippen molar-refractivity contribution in [2.45, 2.75) is 39.7 Å². The van der Waals surface area contributed by atoms with Gasteiger partial charge in [0.05, 0.1) is 11.6 Å². The second kappa shape index (κ2) is 8.53. The van der Waals surface area contributed by atoms with Crippen LogP contribution in [-0.2, 0) is 9.53 Å². The van der Waals surface area contributed by atoms with Crippen LogP contribution in [0.4, 0.5) is 5.69 Å². The number of hydrogen-bond acceptors (Lipinski definition) is 3. The molecule has 0 aliphatic rings. The molecule has 5 heteroatoms. The van der Waals surface area contributed by atoms with Crippen molar-refractivity contribution in [3.63, 3.8) is 0 Å². The van der Waals surface area contributed by atoms with Crippen molar-refractivity contribution in [1.29, 1.82) is 0 Å². The van der Waals surface area contributed by atoms with Gasteiger partial charge in [0.2, 0.25) is 0 Å². The maximum absolute atomic E-state index is 12.1. The van der Waals surface area contributed by atoms with Gasteiger partial charge in [-0.2, -0.15) is 0 Å². The average molecular weight is 363 g/mol. The van der Waals surface area contributed by atoms with E-state index in [-0.39, 0.29) is 17.9 Å². The number of nitrogens with one attached hydrogen (secondary N) is 1. The van der Waals surface area contributed by atoms with Crippen molar-refractivity contribution in [2.75, 3.05) is 11.9 Å². The Labute approximate surface area is 134 Å². The lowest BCUT2D eigenvalue weighted by molar-refractivity contribution is -0.145. The summed E-state index contributed by atoms with van der Waals surface area (Å²) in [6, 6.07) is 5.18. The Bertz CT molecular complexity index is 453. The number of carbonyl (C=O) groups excluding carboxylic acids is 1. The molecule has 0 amide bonds. The maximum atomic E-state index is 12.1. The zero-order valence-electron chi connectivity index (χ0n) is 12.1. The molecule has 0 radical (unpaired) electrons. The highest BCUT2D eigenvalue weighted by Gasteiger charge is 2.25. The summed E-state index contributed by atoms with van der Waals surface area (Å²) in [5, 5.41) is 3.90. The van der Waals surface area contributed by atoms with Gasteiger partial charge >= 0.3 is 5.97 Å². The topological polar surface area (TPSA) is 38.3 Å². The summed E-state index contributed by atoms with van der Waals surface area (Å²) >= 11 is 9.36. The van der Waals surface area contributed by atoms with Crippen LogP contribution < -0.4 is 5.32 Å². The highest BCUT2D eigenvalue weighted by atomic mass is 79.9. The third-order valence-electron chi connectivity index (χ3n) is 3.10. The molecule has 0 saturated carbocycles. The molecule has 1 N–H and O–H groups in total. The molecule has 0 bridgehead atoms. The zero-order valence-corrected chi connectivity index (χ0v) is 14.4. The molecule has 0 fully saturated rings. The molecule has 20 heavy (non-hydrogen) atoms. The van der Waals surface area contributed by atoms with Crippen LogP contribution in [0, 0.1) is 5.92 Å². The van der Waals surface area contributed by atoms with Crippen LogP contribution in [0.3, 0.4) is 0 Å². The van der Waals surface area contributed by atoms with Crippen molar-refractivity contribution in [2.24, 2.45) is 5.92 Å². The van der Waals surface area contributed by atoms with Crippen molar-refractivity contribution >= 4 is 39.2 Å². The first kappa shape index (κ1) is 17.3. The normalized spacial score (nSPS) is 13.7. The van der Waals surface area contributed by atoms with E-state index < -0.39 is 0 Å². The molecule has 0 aliphatic heterocycles. The Morgan fingerprint density at radius 2 is 2.15 bits per heavy atom. The molecule has 0 heterocycles. The van der Waals surface area contributed by atoms with Gasteiger partial charge in [-0.05, 0) is 53.4 Å². The Kier molecular flexibility index (Phi) is 7.38. The van der Waals surface area contributed by atoms with E-state index in [1.807, 2.05) is 19.1 Å². The molecular formula is C15H21BrClNO2. The van der Waals surface area contributed by atoms with Crippen LogP contribution in [-0.4, -0.2) is 18.6 Å². The summed E-state index contributed by atoms with van der Waals surface area (Å²) in [5.41, 5.74) is 0.849. The van der Waals surface area contributed by atoms with Crippen molar-refractivity contribution in [3.8, 4) is 0 Å². The summed E-state index contributed by atoms with van der Waals surface area (Å²) in [6.07, 6.45) is 1.99. The molecule has 2 unspecified atom stereocenters. The Morgan fingerprint density at radius 1 is 1.45 bits per heavy atom. The predicted octanol–water partition coefficient (Wildman–Crippen LogP) is 4.88. The molecule has 0 aliphatic carbocycles. The van der Waals surface area contributed by atoms with Gasteiger partial charge < -0.3 is 10.1 Å². The predicted molar refractivity (Wildman–Crippen MR) is 87.3 cm³/mol. The van der Waals surface area contributed by atoms with E-state index in [1.54, 1.807) is 6.07 Å². The van der Waals surface area contributed by atoms with Gasteiger partial charge in [0, 0.05) is 10.2 Å². The lowest BCUT2D eigenvalue weighted by Crippen LogP contribution is -2.37. The van der Waals surface area contributed by atoms with Gasteiger partial charge in [-0.25, -0.2) is 4.79 Å². The van der Waals surface area contributed by atoms with Crippen LogP contribution in [0.5, 0.6) is 0 Å². The van der Waals surface area contributed by atoms with E-state index in [0.717, 1.165) is 23.0 Å². The van der Waals surface area contributed by atoms with Gasteiger partial charge in [-0.15, -0.1) is 0 Å². The second-order valence-electron chi connectivity index (χ2n) is 4.77. The van der Waals surface area contributed by atoms with E-state index in [1.165, 1.54) is 0 Å². The molecule has 2 atom stereocenters. The molecule has 0 aromatic heterocycles. The van der Waals surface area contributed by atoms with Crippen molar-refractivity contribution < 1.29 is 9.53 Å². The molecule has 1 aromatic carbocycles. The average Bonchev–Trinajstić information content (AvgIpc) is 2.40. The Balaban J connectivity index is 2.87. The van der Waals surface area contributed by atoms with Gasteiger partial charge in [-0.3, -0.25) is 0 Å². The molecular weight excluding hydrogens is 342 g/mol. The standard InChI is InChI=1S/C15H21BrClNO2/c1-4-6-10(3)14(15(19)20-5-2)18-11-7-8-13(17)12(16)9-11/h7-10,14,18H,4-6H2,1-3H3. The van der Waals surface area contributed by atoms with Crippen LogP contribution in [0.25, 0.3) is 0 Å². The summed E-state index contributed by atoms with van der Waals surface area (Å²) in [4.78, 5) is 12.1. The van der Waals surface area contributed by atoms with Crippen LogP contribution in [0.15, 0.2) is 22.7 Å². The quantitative estimate of drug-likeness (QED) is 0.702. The SMILES string of the molecule is CCCC(C)C(Nc1ccc(Cl)c(Br)c1)C(=O)OCC. The van der Waals surface area contributed by atoms with Crippen LogP contribution in [0.1, 0.15) is 33.6 Å². The second-order valence-corrected chi connectivity index (χ2v) is 6.03. The number of rotatable bonds is 7. The minimum absolute atomic E-state index is 0.202. The molecule has 0 saturated heterocycles. The summed E-state index contributed by atoms with van der Waals surface area (Å²) in [6.45, 7) is 6.37. The first-order valence-electron chi connectivity index (χ1n) is 6.87. The van der Waals surface area contributed by atoms with E-state index in [2.05, 4.69) is 35.1 Å². The lowest BCUT2D eigenvalue weighted by atomic mass is 9.96. The molecule has 3 nitrogen and oxygen atoms in total. The minimum Gasteiger partial charge on any atom is -0.464 e. The first-order valence-corrected chi connectivity index (χ1v) is 8.04. The first-order chi connectivity index (χ1) is 9.49. The Morgan fingerprint density at radius 3 is 2.70 bits per heavy atom. The highest BCUT2D eigenvalue weighted by molar-refractivity contribution is 9.10. The number of carbonyl (C=O) groups is 1. The number of esters is 1. The van der Waals surface area contributed by atoms with Gasteiger partial charge in [-0.1, -0.05) is 31.9 Å². The van der Waals surface area contributed by atoms with Crippen LogP contribution >= 0.6 is 27.5 Å². The van der Waals surface area contributed by atoms with E-state index in [0.29, 0.717) is 11.6 Å². The largest absolute Gasteiger partial charge is 0.464 e. The smallest absolute Gasteiger partial charge is 0.328 e. The minimum atomic E-state index is -0.344. The Hall–Kier alpha value is -0.740. The van der Waals surface area contributed by atoms with Gasteiger partial charge in [0.15, 0.2) is 0 Å². The molecule has 0 spiro atoms. The lowest BCUT2D eigenvalue weighted by Gasteiger charge is -2.24. The molecule has 112 valence electrons. The molecule has 1 rings (SSSR count). The number of ether oxygens (including phenoxy) is 1. The molecule has 1 aromatic rings. The van der Waals surface area contributed by atoms with Gasteiger partial charge in [0.1, 0.15) is 6.04 Å². The monoisotopic (exact) mass is 361 g/mol. The number of anilines is 1. The van der Waals surface area contributed by atoms with E-state index in [9.17, 15) is 4.79 Å². The van der Waals surface area contributed by atoms with Crippen LogP contribution in [0.2, 0.25) is 5.02 Å². The summed E-state index contributed by atoms with van der Waals surface area (Å²) < 4.78 is 5.96. The van der Waals surface area contributed by atoms with Crippen molar-refractivity contribution in [3.05, 3.63) is 27.7 Å². The number of benzene rings is 1. The number of halogens is 2. The van der Waals surface area contributed by atoms with E-state index in [4.69, 9.17) is 16.3 Å². The summed E-state index contributed by atoms with van der Waals surface area (Å²) in [7, 11) is 0. The third-order valence-corrected chi connectivity index (χ3v) is 4.31. The fourth-order valence-electron chi connectivity index (χ4n) is 2.05. The third kappa shape index (κ3) is 4.98. The zero-order chi connectivity index (χ0) is 15.1.